The van der Waals surface area contributed by atoms with Crippen molar-refractivity contribution in [1.29, 1.82) is 0 Å². The molecule has 2 heterocycles. The molecular formula is C14H13BrClF3N4. The van der Waals surface area contributed by atoms with Crippen molar-refractivity contribution >= 4 is 44.3 Å². The van der Waals surface area contributed by atoms with Gasteiger partial charge in [-0.3, -0.25) is 0 Å². The fourth-order valence-electron chi connectivity index (χ4n) is 2.69. The second-order valence-electron chi connectivity index (χ2n) is 5.46. The van der Waals surface area contributed by atoms with E-state index in [-0.39, 0.29) is 15.8 Å². The predicted molar refractivity (Wildman–Crippen MR) is 86.9 cm³/mol. The highest BCUT2D eigenvalue weighted by atomic mass is 79.9. The molecule has 1 unspecified atom stereocenters. The van der Waals surface area contributed by atoms with Crippen molar-refractivity contribution in [2.75, 3.05) is 24.5 Å². The average Bonchev–Trinajstić information content (AvgIpc) is 2.44. The topological polar surface area (TPSA) is 41.1 Å². The highest BCUT2D eigenvalue weighted by Gasteiger charge is 2.34. The maximum Gasteiger partial charge on any atom is 0.417 e. The molecule has 1 atom stereocenters. The fraction of sp³-hybridized carbons (Fsp3) is 0.429. The predicted octanol–water partition coefficient (Wildman–Crippen LogP) is 3.86. The fourth-order valence-corrected chi connectivity index (χ4v) is 3.42. The van der Waals surface area contributed by atoms with Gasteiger partial charge in [0.2, 0.25) is 5.28 Å². The third-order valence-corrected chi connectivity index (χ3v) is 4.54. The molecule has 0 radical (unpaired) electrons. The number of nitrogens with zero attached hydrogens (tertiary/aromatic N) is 3. The molecule has 1 aliphatic heterocycles. The van der Waals surface area contributed by atoms with E-state index in [4.69, 9.17) is 11.6 Å². The summed E-state index contributed by atoms with van der Waals surface area (Å²) in [6.07, 6.45) is -4.46. The molecule has 9 heteroatoms. The summed E-state index contributed by atoms with van der Waals surface area (Å²) in [5, 5.41) is 3.65. The number of nitrogens with one attached hydrogen (secondary N) is 1. The number of fused-ring (bicyclic) bond motifs is 1. The van der Waals surface area contributed by atoms with Crippen LogP contribution in [0.3, 0.4) is 0 Å². The molecule has 1 N–H and O–H groups in total. The van der Waals surface area contributed by atoms with E-state index in [0.717, 1.165) is 12.6 Å². The Balaban J connectivity index is 2.20. The summed E-state index contributed by atoms with van der Waals surface area (Å²) in [5.41, 5.74) is -0.369. The highest BCUT2D eigenvalue weighted by molar-refractivity contribution is 9.10. The molecule has 2 aromatic rings. The molecule has 0 saturated carbocycles. The van der Waals surface area contributed by atoms with Crippen molar-refractivity contribution in [2.45, 2.75) is 19.1 Å². The van der Waals surface area contributed by atoms with Crippen molar-refractivity contribution in [1.82, 2.24) is 15.3 Å². The summed E-state index contributed by atoms with van der Waals surface area (Å²) in [7, 11) is 0. The third kappa shape index (κ3) is 3.39. The quantitative estimate of drug-likeness (QED) is 0.726. The number of piperazine rings is 1. The zero-order valence-electron chi connectivity index (χ0n) is 12.1. The molecule has 1 aromatic heterocycles. The maximum absolute atomic E-state index is 13.2. The Morgan fingerprint density at radius 1 is 1.35 bits per heavy atom. The molecule has 4 nitrogen and oxygen atoms in total. The molecule has 1 fully saturated rings. The zero-order valence-corrected chi connectivity index (χ0v) is 14.4. The first-order valence-corrected chi connectivity index (χ1v) is 8.15. The van der Waals surface area contributed by atoms with Gasteiger partial charge in [-0.25, -0.2) is 4.98 Å². The third-order valence-electron chi connectivity index (χ3n) is 3.71. The Hall–Kier alpha value is -1.12. The van der Waals surface area contributed by atoms with Gasteiger partial charge in [0.05, 0.1) is 11.1 Å². The van der Waals surface area contributed by atoms with Crippen LogP contribution in [0.15, 0.2) is 16.6 Å². The molecular weight excluding hydrogens is 397 g/mol. The number of benzene rings is 1. The van der Waals surface area contributed by atoms with E-state index >= 15 is 0 Å². The van der Waals surface area contributed by atoms with E-state index in [1.165, 1.54) is 6.07 Å². The van der Waals surface area contributed by atoms with E-state index in [2.05, 4.69) is 31.2 Å². The first-order chi connectivity index (χ1) is 10.8. The molecule has 124 valence electrons. The molecule has 0 spiro atoms. The Morgan fingerprint density at radius 2 is 2.09 bits per heavy atom. The zero-order chi connectivity index (χ0) is 16.8. The van der Waals surface area contributed by atoms with Crippen LogP contribution in [0.2, 0.25) is 5.28 Å². The van der Waals surface area contributed by atoms with Gasteiger partial charge in [0.1, 0.15) is 5.82 Å². The van der Waals surface area contributed by atoms with Gasteiger partial charge in [-0.2, -0.15) is 18.2 Å². The van der Waals surface area contributed by atoms with Crippen LogP contribution >= 0.6 is 27.5 Å². The van der Waals surface area contributed by atoms with Crippen LogP contribution in [0, 0.1) is 0 Å². The minimum absolute atomic E-state index is 0.0188. The Morgan fingerprint density at radius 3 is 2.74 bits per heavy atom. The minimum Gasteiger partial charge on any atom is -0.353 e. The van der Waals surface area contributed by atoms with Gasteiger partial charge in [0, 0.05) is 35.5 Å². The van der Waals surface area contributed by atoms with Gasteiger partial charge in [-0.15, -0.1) is 0 Å². The number of anilines is 1. The minimum atomic E-state index is -4.46. The second-order valence-corrected chi connectivity index (χ2v) is 6.66. The molecule has 23 heavy (non-hydrogen) atoms. The van der Waals surface area contributed by atoms with E-state index in [0.29, 0.717) is 29.8 Å². The summed E-state index contributed by atoms with van der Waals surface area (Å²) in [4.78, 5) is 10.2. The number of alkyl halides is 3. The van der Waals surface area contributed by atoms with Crippen molar-refractivity contribution in [3.8, 4) is 0 Å². The van der Waals surface area contributed by atoms with Gasteiger partial charge in [0.15, 0.2) is 0 Å². The van der Waals surface area contributed by atoms with Crippen LogP contribution in [0.25, 0.3) is 10.9 Å². The van der Waals surface area contributed by atoms with Crippen LogP contribution in [-0.4, -0.2) is 35.6 Å². The van der Waals surface area contributed by atoms with Gasteiger partial charge in [-0.1, -0.05) is 15.9 Å². The maximum atomic E-state index is 13.2. The van der Waals surface area contributed by atoms with Crippen molar-refractivity contribution in [3.63, 3.8) is 0 Å². The van der Waals surface area contributed by atoms with Crippen LogP contribution in [0.5, 0.6) is 0 Å². The summed E-state index contributed by atoms with van der Waals surface area (Å²) in [5.74, 6) is 0.436. The van der Waals surface area contributed by atoms with E-state index in [1.807, 2.05) is 11.8 Å². The van der Waals surface area contributed by atoms with Gasteiger partial charge in [-0.05, 0) is 30.7 Å². The molecule has 0 amide bonds. The lowest BCUT2D eigenvalue weighted by Crippen LogP contribution is -2.49. The number of hydrogen-bond donors (Lipinski definition) is 1. The first-order valence-electron chi connectivity index (χ1n) is 6.98. The smallest absolute Gasteiger partial charge is 0.353 e. The van der Waals surface area contributed by atoms with E-state index in [1.54, 1.807) is 0 Å². The van der Waals surface area contributed by atoms with Crippen LogP contribution in [-0.2, 0) is 6.18 Å². The number of halogens is 5. The van der Waals surface area contributed by atoms with Crippen LogP contribution in [0.1, 0.15) is 12.5 Å². The lowest BCUT2D eigenvalue weighted by Gasteiger charge is -2.33. The Labute approximate surface area is 144 Å². The van der Waals surface area contributed by atoms with E-state index < -0.39 is 11.7 Å². The Bertz CT molecular complexity index is 753. The van der Waals surface area contributed by atoms with Crippen molar-refractivity contribution in [2.24, 2.45) is 0 Å². The summed E-state index contributed by atoms with van der Waals surface area (Å²) < 4.78 is 39.5. The molecule has 3 rings (SSSR count). The highest BCUT2D eigenvalue weighted by Crippen LogP contribution is 2.39. The number of hydrogen-bond acceptors (Lipinski definition) is 4. The monoisotopic (exact) mass is 408 g/mol. The van der Waals surface area contributed by atoms with E-state index in [9.17, 15) is 13.2 Å². The first kappa shape index (κ1) is 16.7. The largest absolute Gasteiger partial charge is 0.417 e. The molecule has 1 aromatic carbocycles. The average molecular weight is 410 g/mol. The lowest BCUT2D eigenvalue weighted by atomic mass is 10.1. The number of aromatic nitrogens is 2. The Kier molecular flexibility index (Phi) is 4.41. The normalized spacial score (nSPS) is 19.4. The molecule has 1 aliphatic rings. The standard InChI is InChI=1S/C14H13BrClF3N4/c1-7-6-23(3-2-20-7)12-8-4-9(14(17,18)19)10(15)5-11(8)21-13(16)22-12/h4-5,7,20H,2-3,6H2,1H3. The lowest BCUT2D eigenvalue weighted by molar-refractivity contribution is -0.138. The number of rotatable bonds is 1. The molecule has 1 saturated heterocycles. The molecule has 0 aliphatic carbocycles. The van der Waals surface area contributed by atoms with Crippen molar-refractivity contribution < 1.29 is 13.2 Å². The van der Waals surface area contributed by atoms with Gasteiger partial charge >= 0.3 is 6.18 Å². The molecule has 0 bridgehead atoms. The van der Waals surface area contributed by atoms with Crippen molar-refractivity contribution in [3.05, 3.63) is 27.5 Å². The summed E-state index contributed by atoms with van der Waals surface area (Å²) in [6, 6.07) is 2.63. The van der Waals surface area contributed by atoms with Gasteiger partial charge in [0.25, 0.3) is 0 Å². The SMILES string of the molecule is CC1CN(c2nc(Cl)nc3cc(Br)c(C(F)(F)F)cc23)CCN1. The summed E-state index contributed by atoms with van der Waals surface area (Å²) in [6.45, 7) is 4.02. The van der Waals surface area contributed by atoms with Gasteiger partial charge < -0.3 is 10.2 Å². The summed E-state index contributed by atoms with van der Waals surface area (Å²) >= 11 is 8.92. The van der Waals surface area contributed by atoms with Crippen LogP contribution in [0.4, 0.5) is 19.0 Å². The second kappa shape index (κ2) is 6.07. The van der Waals surface area contributed by atoms with Crippen LogP contribution < -0.4 is 10.2 Å².